The average Bonchev–Trinajstić information content (AvgIpc) is 2.93. The van der Waals surface area contributed by atoms with Crippen molar-refractivity contribution in [1.29, 1.82) is 0 Å². The largest absolute Gasteiger partial charge is 0.462 e. The first-order chi connectivity index (χ1) is 13.8. The van der Waals surface area contributed by atoms with E-state index in [1.807, 2.05) is 0 Å². The van der Waals surface area contributed by atoms with Crippen LogP contribution in [0.2, 0.25) is 0 Å². The molecule has 1 aliphatic heterocycles. The predicted molar refractivity (Wildman–Crippen MR) is 97.3 cm³/mol. The van der Waals surface area contributed by atoms with E-state index < -0.39 is 40.8 Å². The van der Waals surface area contributed by atoms with Crippen LogP contribution in [0.5, 0.6) is 0 Å². The van der Waals surface area contributed by atoms with Gasteiger partial charge in [0.2, 0.25) is 5.91 Å². The zero-order chi connectivity index (χ0) is 21.1. The molecule has 11 heteroatoms. The number of aromatic nitrogens is 1. The van der Waals surface area contributed by atoms with Crippen LogP contribution in [-0.4, -0.2) is 51.6 Å². The Bertz CT molecular complexity index is 1050. The fraction of sp³-hybridized carbons (Fsp3) is 0.167. The summed E-state index contributed by atoms with van der Waals surface area (Å²) in [6, 6.07) is 6.36. The van der Waals surface area contributed by atoms with Gasteiger partial charge in [-0.25, -0.2) is 9.78 Å². The fourth-order valence-corrected chi connectivity index (χ4v) is 2.78. The number of nitro groups is 1. The van der Waals surface area contributed by atoms with Crippen molar-refractivity contribution >= 4 is 35.2 Å². The minimum atomic E-state index is -0.930. The number of anilines is 1. The van der Waals surface area contributed by atoms with Crippen molar-refractivity contribution in [2.75, 3.05) is 18.5 Å². The minimum Gasteiger partial charge on any atom is -0.462 e. The lowest BCUT2D eigenvalue weighted by Crippen LogP contribution is -2.37. The molecular formula is C18H14N4O7. The van der Waals surface area contributed by atoms with E-state index in [0.717, 1.165) is 6.07 Å². The van der Waals surface area contributed by atoms with E-state index in [1.165, 1.54) is 30.5 Å². The number of hydrogen-bond acceptors (Lipinski definition) is 8. The lowest BCUT2D eigenvalue weighted by atomic mass is 10.1. The molecule has 0 saturated heterocycles. The van der Waals surface area contributed by atoms with Crippen LogP contribution in [0, 0.1) is 10.1 Å². The van der Waals surface area contributed by atoms with Crippen molar-refractivity contribution in [3.63, 3.8) is 0 Å². The number of fused-ring (bicyclic) bond motifs is 1. The van der Waals surface area contributed by atoms with Gasteiger partial charge in [-0.2, -0.15) is 0 Å². The highest BCUT2D eigenvalue weighted by Crippen LogP contribution is 2.30. The quantitative estimate of drug-likeness (QED) is 0.332. The van der Waals surface area contributed by atoms with Gasteiger partial charge in [-0.05, 0) is 25.1 Å². The van der Waals surface area contributed by atoms with Crippen LogP contribution in [0.1, 0.15) is 38.0 Å². The van der Waals surface area contributed by atoms with E-state index in [4.69, 9.17) is 4.74 Å². The molecule has 0 radical (unpaired) electrons. The van der Waals surface area contributed by atoms with Crippen molar-refractivity contribution in [1.82, 2.24) is 9.88 Å². The standard InChI is InChI=1S/C18H14N4O7/c1-2-29-18(26)10-6-7-19-13(8-10)20-14(23)9-21-16(24)11-4-3-5-12(22(27)28)15(11)17(21)25/h3-8H,2,9H2,1H3,(H,19,20,23). The van der Waals surface area contributed by atoms with E-state index in [9.17, 15) is 29.3 Å². The molecule has 148 valence electrons. The number of carbonyl (C=O) groups excluding carboxylic acids is 4. The van der Waals surface area contributed by atoms with E-state index in [0.29, 0.717) is 4.90 Å². The number of ether oxygens (including phenoxy) is 1. The Morgan fingerprint density at radius 3 is 2.69 bits per heavy atom. The Morgan fingerprint density at radius 2 is 2.00 bits per heavy atom. The van der Waals surface area contributed by atoms with E-state index in [2.05, 4.69) is 10.3 Å². The van der Waals surface area contributed by atoms with Gasteiger partial charge in [0.15, 0.2) is 0 Å². The molecule has 2 aromatic rings. The van der Waals surface area contributed by atoms with Crippen LogP contribution in [0.3, 0.4) is 0 Å². The summed E-state index contributed by atoms with van der Waals surface area (Å²) in [4.78, 5) is 63.8. The zero-order valence-electron chi connectivity index (χ0n) is 15.1. The molecule has 1 N–H and O–H groups in total. The molecule has 0 fully saturated rings. The molecule has 3 rings (SSSR count). The highest BCUT2D eigenvalue weighted by Gasteiger charge is 2.41. The summed E-state index contributed by atoms with van der Waals surface area (Å²) in [5, 5.41) is 13.5. The Kier molecular flexibility index (Phi) is 5.30. The summed E-state index contributed by atoms with van der Waals surface area (Å²) < 4.78 is 4.86. The number of pyridine rings is 1. The summed E-state index contributed by atoms with van der Waals surface area (Å²) >= 11 is 0. The minimum absolute atomic E-state index is 0.0168. The third-order valence-electron chi connectivity index (χ3n) is 4.01. The maximum absolute atomic E-state index is 12.5. The normalized spacial score (nSPS) is 12.5. The third-order valence-corrected chi connectivity index (χ3v) is 4.01. The number of amides is 3. The monoisotopic (exact) mass is 398 g/mol. The average molecular weight is 398 g/mol. The van der Waals surface area contributed by atoms with Gasteiger partial charge in [0.05, 0.1) is 22.7 Å². The van der Waals surface area contributed by atoms with Crippen molar-refractivity contribution in [2.45, 2.75) is 6.92 Å². The molecule has 11 nitrogen and oxygen atoms in total. The first kappa shape index (κ1) is 19.6. The van der Waals surface area contributed by atoms with Gasteiger partial charge in [-0.1, -0.05) is 6.07 Å². The molecule has 0 spiro atoms. The van der Waals surface area contributed by atoms with Gasteiger partial charge in [-0.15, -0.1) is 0 Å². The zero-order valence-corrected chi connectivity index (χ0v) is 15.1. The third kappa shape index (κ3) is 3.78. The molecule has 2 heterocycles. The summed E-state index contributed by atoms with van der Waals surface area (Å²) in [6.07, 6.45) is 1.28. The predicted octanol–water partition coefficient (Wildman–Crippen LogP) is 1.40. The Hall–Kier alpha value is -4.15. The van der Waals surface area contributed by atoms with Crippen LogP contribution in [0.15, 0.2) is 36.5 Å². The summed E-state index contributed by atoms with van der Waals surface area (Å²) in [5.74, 6) is -3.09. The van der Waals surface area contributed by atoms with E-state index in [-0.39, 0.29) is 29.1 Å². The number of imide groups is 1. The van der Waals surface area contributed by atoms with Crippen molar-refractivity contribution in [3.05, 3.63) is 63.3 Å². The van der Waals surface area contributed by atoms with Crippen molar-refractivity contribution in [2.24, 2.45) is 0 Å². The maximum Gasteiger partial charge on any atom is 0.338 e. The number of nitro benzene ring substituents is 1. The number of carbonyl (C=O) groups is 4. The van der Waals surface area contributed by atoms with Gasteiger partial charge >= 0.3 is 5.97 Å². The number of rotatable bonds is 6. The van der Waals surface area contributed by atoms with Crippen molar-refractivity contribution in [3.8, 4) is 0 Å². The molecule has 0 aliphatic carbocycles. The van der Waals surface area contributed by atoms with Crippen LogP contribution < -0.4 is 5.32 Å². The topological polar surface area (TPSA) is 149 Å². The first-order valence-electron chi connectivity index (χ1n) is 8.40. The Morgan fingerprint density at radius 1 is 1.24 bits per heavy atom. The number of benzene rings is 1. The summed E-state index contributed by atoms with van der Waals surface area (Å²) in [6.45, 7) is 1.15. The van der Waals surface area contributed by atoms with Gasteiger partial charge in [0.1, 0.15) is 17.9 Å². The van der Waals surface area contributed by atoms with Crippen molar-refractivity contribution < 1.29 is 28.8 Å². The second kappa shape index (κ2) is 7.84. The van der Waals surface area contributed by atoms with Crippen LogP contribution in [-0.2, 0) is 9.53 Å². The van der Waals surface area contributed by atoms with Gasteiger partial charge in [0, 0.05) is 12.3 Å². The van der Waals surface area contributed by atoms with E-state index in [1.54, 1.807) is 6.92 Å². The van der Waals surface area contributed by atoms with E-state index >= 15 is 0 Å². The Labute approximate surface area is 163 Å². The molecular weight excluding hydrogens is 384 g/mol. The van der Waals surface area contributed by atoms with Gasteiger partial charge in [-0.3, -0.25) is 29.4 Å². The number of esters is 1. The highest BCUT2D eigenvalue weighted by atomic mass is 16.6. The molecule has 1 aromatic heterocycles. The summed E-state index contributed by atoms with van der Waals surface area (Å²) in [7, 11) is 0. The summed E-state index contributed by atoms with van der Waals surface area (Å²) in [5.41, 5.74) is -0.835. The second-order valence-electron chi connectivity index (χ2n) is 5.85. The van der Waals surface area contributed by atoms with Crippen LogP contribution >= 0.6 is 0 Å². The second-order valence-corrected chi connectivity index (χ2v) is 5.85. The molecule has 29 heavy (non-hydrogen) atoms. The SMILES string of the molecule is CCOC(=O)c1ccnc(NC(=O)CN2C(=O)c3cccc([N+](=O)[O-])c3C2=O)c1. The van der Waals surface area contributed by atoms with Gasteiger partial charge in [0.25, 0.3) is 17.5 Å². The van der Waals surface area contributed by atoms with Crippen LogP contribution in [0.4, 0.5) is 11.5 Å². The lowest BCUT2D eigenvalue weighted by molar-refractivity contribution is -0.385. The maximum atomic E-state index is 12.5. The van der Waals surface area contributed by atoms with Gasteiger partial charge < -0.3 is 10.1 Å². The molecule has 3 amide bonds. The fourth-order valence-electron chi connectivity index (χ4n) is 2.78. The smallest absolute Gasteiger partial charge is 0.338 e. The number of nitrogens with one attached hydrogen (secondary N) is 1. The molecule has 0 atom stereocenters. The molecule has 0 saturated carbocycles. The highest BCUT2D eigenvalue weighted by molar-refractivity contribution is 6.24. The Balaban J connectivity index is 1.75. The molecule has 0 unspecified atom stereocenters. The number of nitrogens with zero attached hydrogens (tertiary/aromatic N) is 3. The molecule has 1 aromatic carbocycles. The number of hydrogen-bond donors (Lipinski definition) is 1. The first-order valence-corrected chi connectivity index (χ1v) is 8.40. The molecule has 1 aliphatic rings. The molecule has 0 bridgehead atoms. The van der Waals surface area contributed by atoms with Crippen LogP contribution in [0.25, 0.3) is 0 Å². The lowest BCUT2D eigenvalue weighted by Gasteiger charge is -2.13.